The molecule has 0 spiro atoms. The van der Waals surface area contributed by atoms with E-state index in [9.17, 15) is 4.79 Å². The van der Waals surface area contributed by atoms with Gasteiger partial charge in [-0.1, -0.05) is 20.8 Å². The summed E-state index contributed by atoms with van der Waals surface area (Å²) in [5.74, 6) is 0.374. The van der Waals surface area contributed by atoms with Gasteiger partial charge < -0.3 is 4.74 Å². The number of carbonyl (C=O) groups is 1. The smallest absolute Gasteiger partial charge is 0.341 e. The van der Waals surface area contributed by atoms with Crippen molar-refractivity contribution in [2.45, 2.75) is 40.0 Å². The second-order valence-electron chi connectivity index (χ2n) is 4.66. The lowest BCUT2D eigenvalue weighted by Gasteiger charge is -2.17. The predicted molar refractivity (Wildman–Crippen MR) is 61.4 cm³/mol. The zero-order valence-electron chi connectivity index (χ0n) is 10.5. The normalized spacial score (nSPS) is 11.3. The molecular weight excluding hydrogens is 204 g/mol. The standard InChI is InChI=1S/C12H18N2O2/c1-6-16-10(15)9-7-13-11(12(3,4)5)14-8(9)2/h7H,6H2,1-5H3. The van der Waals surface area contributed by atoms with Gasteiger partial charge in [-0.25, -0.2) is 14.8 Å². The van der Waals surface area contributed by atoms with Crippen LogP contribution in [0.5, 0.6) is 0 Å². The molecule has 0 aromatic carbocycles. The third kappa shape index (κ3) is 2.78. The van der Waals surface area contributed by atoms with Gasteiger partial charge in [0.2, 0.25) is 0 Å². The highest BCUT2D eigenvalue weighted by molar-refractivity contribution is 5.90. The maximum Gasteiger partial charge on any atom is 0.341 e. The van der Waals surface area contributed by atoms with Crippen molar-refractivity contribution in [3.63, 3.8) is 0 Å². The topological polar surface area (TPSA) is 52.1 Å². The quantitative estimate of drug-likeness (QED) is 0.720. The van der Waals surface area contributed by atoms with Crippen LogP contribution in [0, 0.1) is 6.92 Å². The molecule has 0 N–H and O–H groups in total. The van der Waals surface area contributed by atoms with Crippen LogP contribution < -0.4 is 0 Å². The van der Waals surface area contributed by atoms with E-state index in [-0.39, 0.29) is 11.4 Å². The molecule has 16 heavy (non-hydrogen) atoms. The van der Waals surface area contributed by atoms with Gasteiger partial charge in [0.1, 0.15) is 5.82 Å². The minimum atomic E-state index is -0.361. The van der Waals surface area contributed by atoms with Crippen LogP contribution >= 0.6 is 0 Å². The first-order valence-electron chi connectivity index (χ1n) is 5.37. The molecule has 88 valence electrons. The van der Waals surface area contributed by atoms with E-state index in [1.54, 1.807) is 20.0 Å². The lowest BCUT2D eigenvalue weighted by atomic mass is 9.95. The first-order chi connectivity index (χ1) is 7.36. The molecule has 0 amide bonds. The summed E-state index contributed by atoms with van der Waals surface area (Å²) < 4.78 is 4.92. The third-order valence-corrected chi connectivity index (χ3v) is 2.15. The fraction of sp³-hybridized carbons (Fsp3) is 0.583. The van der Waals surface area contributed by atoms with E-state index in [2.05, 4.69) is 9.97 Å². The summed E-state index contributed by atoms with van der Waals surface area (Å²) in [6.07, 6.45) is 1.54. The van der Waals surface area contributed by atoms with Gasteiger partial charge >= 0.3 is 5.97 Å². The Morgan fingerprint density at radius 1 is 1.44 bits per heavy atom. The minimum absolute atomic E-state index is 0.113. The van der Waals surface area contributed by atoms with E-state index in [1.165, 1.54) is 0 Å². The Kier molecular flexibility index (Phi) is 3.62. The Balaban J connectivity index is 3.05. The average Bonchev–Trinajstić information content (AvgIpc) is 2.16. The fourth-order valence-corrected chi connectivity index (χ4v) is 1.24. The van der Waals surface area contributed by atoms with Crippen molar-refractivity contribution < 1.29 is 9.53 Å². The van der Waals surface area contributed by atoms with Gasteiger partial charge in [-0.3, -0.25) is 0 Å². The molecule has 1 aromatic rings. The van der Waals surface area contributed by atoms with Crippen molar-refractivity contribution in [1.29, 1.82) is 0 Å². The van der Waals surface area contributed by atoms with Gasteiger partial charge in [-0.2, -0.15) is 0 Å². The van der Waals surface area contributed by atoms with Gasteiger partial charge in [0.05, 0.1) is 17.9 Å². The summed E-state index contributed by atoms with van der Waals surface area (Å²) in [6, 6.07) is 0. The second kappa shape index (κ2) is 4.60. The summed E-state index contributed by atoms with van der Waals surface area (Å²) in [4.78, 5) is 20.1. The number of ether oxygens (including phenoxy) is 1. The molecule has 0 saturated heterocycles. The highest BCUT2D eigenvalue weighted by Crippen LogP contribution is 2.19. The van der Waals surface area contributed by atoms with Crippen molar-refractivity contribution in [1.82, 2.24) is 9.97 Å². The molecule has 1 heterocycles. The SMILES string of the molecule is CCOC(=O)c1cnc(C(C)(C)C)nc1C. The fourth-order valence-electron chi connectivity index (χ4n) is 1.24. The molecule has 0 atom stereocenters. The summed E-state index contributed by atoms with van der Waals surface area (Å²) in [5.41, 5.74) is 0.992. The molecule has 0 bridgehead atoms. The summed E-state index contributed by atoms with van der Waals surface area (Å²) >= 11 is 0. The third-order valence-electron chi connectivity index (χ3n) is 2.15. The monoisotopic (exact) mass is 222 g/mol. The first-order valence-corrected chi connectivity index (χ1v) is 5.37. The summed E-state index contributed by atoms with van der Waals surface area (Å²) in [5, 5.41) is 0. The van der Waals surface area contributed by atoms with E-state index in [0.29, 0.717) is 17.9 Å². The number of hydrogen-bond acceptors (Lipinski definition) is 4. The molecule has 0 aliphatic heterocycles. The van der Waals surface area contributed by atoms with Crippen molar-refractivity contribution in [2.24, 2.45) is 0 Å². The molecule has 4 nitrogen and oxygen atoms in total. The Hall–Kier alpha value is -1.45. The molecule has 0 unspecified atom stereocenters. The average molecular weight is 222 g/mol. The maximum absolute atomic E-state index is 11.5. The van der Waals surface area contributed by atoms with E-state index >= 15 is 0 Å². The molecular formula is C12H18N2O2. The van der Waals surface area contributed by atoms with E-state index < -0.39 is 0 Å². The van der Waals surface area contributed by atoms with Crippen molar-refractivity contribution in [2.75, 3.05) is 6.61 Å². The molecule has 0 radical (unpaired) electrons. The Morgan fingerprint density at radius 2 is 2.06 bits per heavy atom. The van der Waals surface area contributed by atoms with Crippen LogP contribution in [0.15, 0.2) is 6.20 Å². The van der Waals surface area contributed by atoms with Crippen LogP contribution in [0.4, 0.5) is 0 Å². The Labute approximate surface area is 96.1 Å². The number of nitrogens with zero attached hydrogens (tertiary/aromatic N) is 2. The number of rotatable bonds is 2. The summed E-state index contributed by atoms with van der Waals surface area (Å²) in [7, 11) is 0. The first kappa shape index (κ1) is 12.6. The minimum Gasteiger partial charge on any atom is -0.462 e. The summed E-state index contributed by atoms with van der Waals surface area (Å²) in [6.45, 7) is 10.0. The number of aromatic nitrogens is 2. The van der Waals surface area contributed by atoms with Gasteiger partial charge in [-0.15, -0.1) is 0 Å². The molecule has 1 aromatic heterocycles. The predicted octanol–water partition coefficient (Wildman–Crippen LogP) is 2.26. The molecule has 0 aliphatic carbocycles. The Morgan fingerprint density at radius 3 is 2.50 bits per heavy atom. The molecule has 0 fully saturated rings. The van der Waals surface area contributed by atoms with Gasteiger partial charge in [0.15, 0.2) is 0 Å². The molecule has 0 saturated carbocycles. The molecule has 4 heteroatoms. The Bertz CT molecular complexity index is 394. The van der Waals surface area contributed by atoms with Crippen LogP contribution in [0.1, 0.15) is 49.6 Å². The van der Waals surface area contributed by atoms with E-state index in [4.69, 9.17) is 4.74 Å². The molecule has 1 rings (SSSR count). The van der Waals surface area contributed by atoms with E-state index in [0.717, 1.165) is 5.82 Å². The van der Waals surface area contributed by atoms with Crippen LogP contribution in [-0.4, -0.2) is 22.5 Å². The van der Waals surface area contributed by atoms with Crippen LogP contribution in [0.25, 0.3) is 0 Å². The number of esters is 1. The van der Waals surface area contributed by atoms with Crippen LogP contribution in [0.3, 0.4) is 0 Å². The van der Waals surface area contributed by atoms with Crippen molar-refractivity contribution in [3.8, 4) is 0 Å². The van der Waals surface area contributed by atoms with Gasteiger partial charge in [0.25, 0.3) is 0 Å². The van der Waals surface area contributed by atoms with Crippen LogP contribution in [-0.2, 0) is 10.2 Å². The lowest BCUT2D eigenvalue weighted by Crippen LogP contribution is -2.18. The number of aryl methyl sites for hydroxylation is 1. The van der Waals surface area contributed by atoms with E-state index in [1.807, 2.05) is 20.8 Å². The zero-order chi connectivity index (χ0) is 12.3. The number of carbonyl (C=O) groups excluding carboxylic acids is 1. The highest BCUT2D eigenvalue weighted by Gasteiger charge is 2.20. The second-order valence-corrected chi connectivity index (χ2v) is 4.66. The number of hydrogen-bond donors (Lipinski definition) is 0. The maximum atomic E-state index is 11.5. The van der Waals surface area contributed by atoms with Gasteiger partial charge in [0, 0.05) is 11.6 Å². The van der Waals surface area contributed by atoms with Crippen molar-refractivity contribution in [3.05, 3.63) is 23.3 Å². The molecule has 0 aliphatic rings. The van der Waals surface area contributed by atoms with Crippen LogP contribution in [0.2, 0.25) is 0 Å². The highest BCUT2D eigenvalue weighted by atomic mass is 16.5. The zero-order valence-corrected chi connectivity index (χ0v) is 10.5. The van der Waals surface area contributed by atoms with Gasteiger partial charge in [-0.05, 0) is 13.8 Å². The van der Waals surface area contributed by atoms with Crippen molar-refractivity contribution >= 4 is 5.97 Å². The lowest BCUT2D eigenvalue weighted by molar-refractivity contribution is 0.0524. The largest absolute Gasteiger partial charge is 0.462 e.